The molecule has 2 heterocycles. The average Bonchev–Trinajstić information content (AvgIpc) is 2.90. The number of rotatable bonds is 6. The van der Waals surface area contributed by atoms with E-state index in [4.69, 9.17) is 0 Å². The van der Waals surface area contributed by atoms with E-state index in [0.29, 0.717) is 11.9 Å². The van der Waals surface area contributed by atoms with Gasteiger partial charge in [-0.2, -0.15) is 20.1 Å². The van der Waals surface area contributed by atoms with E-state index < -0.39 is 0 Å². The average molecular weight is 264 g/mol. The number of hydrogen-bond acceptors (Lipinski definition) is 6. The van der Waals surface area contributed by atoms with Gasteiger partial charge in [-0.1, -0.05) is 25.6 Å². The van der Waals surface area contributed by atoms with Gasteiger partial charge in [0.1, 0.15) is 0 Å². The van der Waals surface area contributed by atoms with Crippen LogP contribution in [0, 0.1) is 0 Å². The summed E-state index contributed by atoms with van der Waals surface area (Å²) in [5, 5.41) is 8.03. The summed E-state index contributed by atoms with van der Waals surface area (Å²) in [6.07, 6.45) is 4.55. The van der Waals surface area contributed by atoms with Crippen LogP contribution in [0.15, 0.2) is 23.6 Å². The first-order valence-corrected chi connectivity index (χ1v) is 6.94. The zero-order chi connectivity index (χ0) is 12.8. The van der Waals surface area contributed by atoms with Crippen LogP contribution in [0.3, 0.4) is 0 Å². The van der Waals surface area contributed by atoms with Crippen molar-refractivity contribution < 1.29 is 0 Å². The van der Waals surface area contributed by atoms with E-state index in [0.717, 1.165) is 23.9 Å². The summed E-state index contributed by atoms with van der Waals surface area (Å²) in [6.45, 7) is 5.02. The Morgan fingerprint density at radius 2 is 2.17 bits per heavy atom. The zero-order valence-corrected chi connectivity index (χ0v) is 11.3. The SMILES string of the molecule is CCCNc1nc(SCC)nc(-n2cccn2)n1. The maximum absolute atomic E-state index is 4.37. The first kappa shape index (κ1) is 12.8. The lowest BCUT2D eigenvalue weighted by molar-refractivity contribution is 0.758. The van der Waals surface area contributed by atoms with Gasteiger partial charge in [-0.05, 0) is 18.2 Å². The third-order valence-corrected chi connectivity index (χ3v) is 2.85. The maximum Gasteiger partial charge on any atom is 0.256 e. The van der Waals surface area contributed by atoms with E-state index in [1.54, 1.807) is 22.6 Å². The van der Waals surface area contributed by atoms with Crippen molar-refractivity contribution >= 4 is 17.7 Å². The number of nitrogens with one attached hydrogen (secondary N) is 1. The summed E-state index contributed by atoms with van der Waals surface area (Å²) in [5.74, 6) is 2.08. The molecule has 18 heavy (non-hydrogen) atoms. The molecule has 0 saturated heterocycles. The van der Waals surface area contributed by atoms with Gasteiger partial charge < -0.3 is 5.32 Å². The van der Waals surface area contributed by atoms with Crippen molar-refractivity contribution in [3.05, 3.63) is 18.5 Å². The van der Waals surface area contributed by atoms with E-state index >= 15 is 0 Å². The van der Waals surface area contributed by atoms with Crippen LogP contribution >= 0.6 is 11.8 Å². The molecule has 0 bridgehead atoms. The van der Waals surface area contributed by atoms with Gasteiger partial charge in [-0.3, -0.25) is 0 Å². The Morgan fingerprint density at radius 3 is 2.83 bits per heavy atom. The number of nitrogens with zero attached hydrogens (tertiary/aromatic N) is 5. The summed E-state index contributed by atoms with van der Waals surface area (Å²) in [5.41, 5.74) is 0. The van der Waals surface area contributed by atoms with Crippen molar-refractivity contribution in [2.45, 2.75) is 25.4 Å². The van der Waals surface area contributed by atoms with Crippen LogP contribution in [0.25, 0.3) is 5.95 Å². The molecular weight excluding hydrogens is 248 g/mol. The Labute approximate surface area is 110 Å². The van der Waals surface area contributed by atoms with Crippen LogP contribution in [-0.2, 0) is 0 Å². The maximum atomic E-state index is 4.37. The minimum absolute atomic E-state index is 0.546. The molecule has 0 saturated carbocycles. The zero-order valence-electron chi connectivity index (χ0n) is 10.5. The Morgan fingerprint density at radius 1 is 1.28 bits per heavy atom. The summed E-state index contributed by atoms with van der Waals surface area (Å²) in [6, 6.07) is 1.84. The fourth-order valence-corrected chi connectivity index (χ4v) is 1.90. The first-order valence-electron chi connectivity index (χ1n) is 5.96. The first-order chi connectivity index (χ1) is 8.83. The lowest BCUT2D eigenvalue weighted by atomic mass is 10.5. The molecule has 0 amide bonds. The largest absolute Gasteiger partial charge is 0.354 e. The summed E-state index contributed by atoms with van der Waals surface area (Å²) < 4.78 is 1.64. The van der Waals surface area contributed by atoms with Crippen molar-refractivity contribution in [3.63, 3.8) is 0 Å². The second-order valence-corrected chi connectivity index (χ2v) is 4.78. The molecule has 0 radical (unpaired) electrons. The minimum atomic E-state index is 0.546. The van der Waals surface area contributed by atoms with Crippen molar-refractivity contribution in [2.75, 3.05) is 17.6 Å². The van der Waals surface area contributed by atoms with Crippen molar-refractivity contribution in [1.29, 1.82) is 0 Å². The predicted molar refractivity (Wildman–Crippen MR) is 72.1 cm³/mol. The topological polar surface area (TPSA) is 68.5 Å². The van der Waals surface area contributed by atoms with E-state index in [1.807, 2.05) is 12.3 Å². The van der Waals surface area contributed by atoms with E-state index in [-0.39, 0.29) is 0 Å². The van der Waals surface area contributed by atoms with Crippen molar-refractivity contribution in [1.82, 2.24) is 24.7 Å². The van der Waals surface area contributed by atoms with Crippen molar-refractivity contribution in [3.8, 4) is 5.95 Å². The second-order valence-electron chi connectivity index (χ2n) is 3.55. The van der Waals surface area contributed by atoms with Gasteiger partial charge in [0.25, 0.3) is 5.95 Å². The number of aromatic nitrogens is 5. The highest BCUT2D eigenvalue weighted by Gasteiger charge is 2.07. The highest BCUT2D eigenvalue weighted by Crippen LogP contribution is 2.15. The van der Waals surface area contributed by atoms with Crippen LogP contribution < -0.4 is 5.32 Å². The molecular formula is C11H16N6S. The summed E-state index contributed by atoms with van der Waals surface area (Å²) >= 11 is 1.59. The lowest BCUT2D eigenvalue weighted by Gasteiger charge is -2.07. The second kappa shape index (κ2) is 6.34. The predicted octanol–water partition coefficient (Wildman–Crippen LogP) is 1.99. The lowest BCUT2D eigenvalue weighted by Crippen LogP contribution is -2.10. The molecule has 2 rings (SSSR count). The Bertz CT molecular complexity index is 484. The molecule has 0 spiro atoms. The van der Waals surface area contributed by atoms with Crippen molar-refractivity contribution in [2.24, 2.45) is 0 Å². The third-order valence-electron chi connectivity index (χ3n) is 2.12. The fraction of sp³-hybridized carbons (Fsp3) is 0.455. The van der Waals surface area contributed by atoms with E-state index in [1.165, 1.54) is 0 Å². The van der Waals surface area contributed by atoms with Gasteiger partial charge in [0.15, 0.2) is 5.16 Å². The molecule has 0 fully saturated rings. The van der Waals surface area contributed by atoms with Gasteiger partial charge >= 0.3 is 0 Å². The third kappa shape index (κ3) is 3.19. The van der Waals surface area contributed by atoms with Gasteiger partial charge in [0.2, 0.25) is 5.95 Å². The van der Waals surface area contributed by atoms with Crippen LogP contribution in [0.5, 0.6) is 0 Å². The molecule has 0 atom stereocenters. The van der Waals surface area contributed by atoms with Gasteiger partial charge in [-0.15, -0.1) is 0 Å². The van der Waals surface area contributed by atoms with Crippen LogP contribution in [0.1, 0.15) is 20.3 Å². The molecule has 2 aromatic rings. The molecule has 0 aliphatic heterocycles. The van der Waals surface area contributed by atoms with Crippen LogP contribution in [0.2, 0.25) is 0 Å². The van der Waals surface area contributed by atoms with E-state index in [9.17, 15) is 0 Å². The van der Waals surface area contributed by atoms with Crippen LogP contribution in [-0.4, -0.2) is 37.0 Å². The highest BCUT2D eigenvalue weighted by atomic mass is 32.2. The number of thioether (sulfide) groups is 1. The fourth-order valence-electron chi connectivity index (χ4n) is 1.34. The minimum Gasteiger partial charge on any atom is -0.354 e. The Hall–Kier alpha value is -1.63. The van der Waals surface area contributed by atoms with E-state index in [2.05, 4.69) is 39.2 Å². The quantitative estimate of drug-likeness (QED) is 0.805. The van der Waals surface area contributed by atoms with Gasteiger partial charge in [-0.25, -0.2) is 4.68 Å². The molecule has 0 aliphatic rings. The molecule has 0 unspecified atom stereocenters. The standard InChI is InChI=1S/C11H16N6S/c1-3-6-12-9-14-10(17-8-5-7-13-17)16-11(15-9)18-4-2/h5,7-8H,3-4,6H2,1-2H3,(H,12,14,15,16). The summed E-state index contributed by atoms with van der Waals surface area (Å²) in [4.78, 5) is 13.1. The molecule has 0 aromatic carbocycles. The molecule has 7 heteroatoms. The van der Waals surface area contributed by atoms with Gasteiger partial charge in [0, 0.05) is 18.9 Å². The number of hydrogen-bond donors (Lipinski definition) is 1. The molecule has 2 aromatic heterocycles. The van der Waals surface area contributed by atoms with Gasteiger partial charge in [0.05, 0.1) is 0 Å². The highest BCUT2D eigenvalue weighted by molar-refractivity contribution is 7.99. The number of anilines is 1. The molecule has 6 nitrogen and oxygen atoms in total. The molecule has 96 valence electrons. The Kier molecular flexibility index (Phi) is 4.52. The Balaban J connectivity index is 2.30. The molecule has 1 N–H and O–H groups in total. The monoisotopic (exact) mass is 264 g/mol. The molecule has 0 aliphatic carbocycles. The summed E-state index contributed by atoms with van der Waals surface area (Å²) in [7, 11) is 0. The smallest absolute Gasteiger partial charge is 0.256 e. The normalized spacial score (nSPS) is 10.6. The van der Waals surface area contributed by atoms with Crippen LogP contribution in [0.4, 0.5) is 5.95 Å².